The smallest absolute Gasteiger partial charge is 0.336 e. The summed E-state index contributed by atoms with van der Waals surface area (Å²) in [7, 11) is 1.64. The molecule has 2 aromatic rings. The van der Waals surface area contributed by atoms with E-state index in [4.69, 9.17) is 9.84 Å². The molecule has 6 heteroatoms. The Balaban J connectivity index is 1.99. The third-order valence-electron chi connectivity index (χ3n) is 3.16. The molecule has 0 aliphatic heterocycles. The number of carboxylic acid groups (broad SMARTS) is 1. The van der Waals surface area contributed by atoms with E-state index >= 15 is 0 Å². The minimum atomic E-state index is -0.885. The van der Waals surface area contributed by atoms with Crippen LogP contribution in [0.2, 0.25) is 0 Å². The highest BCUT2D eigenvalue weighted by Crippen LogP contribution is 2.28. The highest BCUT2D eigenvalue weighted by molar-refractivity contribution is 9.10. The fraction of sp³-hybridized carbons (Fsp3) is 0.267. The summed E-state index contributed by atoms with van der Waals surface area (Å²) in [5.74, 6) is -0.0834. The number of thiophene rings is 1. The second-order valence-corrected chi connectivity index (χ2v) is 6.45. The van der Waals surface area contributed by atoms with Gasteiger partial charge < -0.3 is 15.2 Å². The summed E-state index contributed by atoms with van der Waals surface area (Å²) in [6, 6.07) is 7.82. The minimum Gasteiger partial charge on any atom is -0.496 e. The van der Waals surface area contributed by atoms with E-state index in [2.05, 4.69) is 28.2 Å². The maximum atomic E-state index is 10.8. The average molecular weight is 370 g/mol. The molecule has 0 aliphatic rings. The Morgan fingerprint density at radius 3 is 2.81 bits per heavy atom. The fourth-order valence-electron chi connectivity index (χ4n) is 1.91. The molecule has 0 saturated heterocycles. The second kappa shape index (κ2) is 7.06. The lowest BCUT2D eigenvalue weighted by Crippen LogP contribution is -2.17. The number of carboxylic acids is 1. The van der Waals surface area contributed by atoms with Gasteiger partial charge in [0.1, 0.15) is 5.75 Å². The normalized spacial score (nSPS) is 12.1. The SMILES string of the molecule is COc1ccc(C(C)NCc2cc(C(=O)O)cs2)cc1Br. The van der Waals surface area contributed by atoms with E-state index in [9.17, 15) is 4.79 Å². The predicted molar refractivity (Wildman–Crippen MR) is 87.2 cm³/mol. The largest absolute Gasteiger partial charge is 0.496 e. The van der Waals surface area contributed by atoms with Crippen LogP contribution in [0.1, 0.15) is 33.8 Å². The molecular weight excluding hydrogens is 354 g/mol. The van der Waals surface area contributed by atoms with Crippen LogP contribution in [-0.2, 0) is 6.54 Å². The molecule has 4 nitrogen and oxygen atoms in total. The van der Waals surface area contributed by atoms with Gasteiger partial charge in [0.15, 0.2) is 0 Å². The Bertz CT molecular complexity index is 642. The number of rotatable bonds is 6. The number of nitrogens with one attached hydrogen (secondary N) is 1. The molecule has 1 aromatic carbocycles. The van der Waals surface area contributed by atoms with Crippen molar-refractivity contribution in [2.45, 2.75) is 19.5 Å². The van der Waals surface area contributed by atoms with Crippen molar-refractivity contribution in [1.82, 2.24) is 5.32 Å². The van der Waals surface area contributed by atoms with Crippen LogP contribution in [0.15, 0.2) is 34.1 Å². The number of aromatic carboxylic acids is 1. The first-order valence-electron chi connectivity index (χ1n) is 6.38. The molecule has 2 rings (SSSR count). The number of carbonyl (C=O) groups is 1. The maximum Gasteiger partial charge on any atom is 0.336 e. The van der Waals surface area contributed by atoms with Crippen LogP contribution in [0, 0.1) is 0 Å². The van der Waals surface area contributed by atoms with E-state index in [1.54, 1.807) is 18.6 Å². The molecule has 1 unspecified atom stereocenters. The van der Waals surface area contributed by atoms with Crippen molar-refractivity contribution in [3.8, 4) is 5.75 Å². The van der Waals surface area contributed by atoms with Crippen LogP contribution in [0.3, 0.4) is 0 Å². The third kappa shape index (κ3) is 4.06. The Kier molecular flexibility index (Phi) is 5.39. The molecule has 1 aromatic heterocycles. The van der Waals surface area contributed by atoms with Crippen LogP contribution in [0.25, 0.3) is 0 Å². The molecular formula is C15H16BrNO3S. The van der Waals surface area contributed by atoms with Gasteiger partial charge in [-0.3, -0.25) is 0 Å². The lowest BCUT2D eigenvalue weighted by molar-refractivity contribution is 0.0697. The van der Waals surface area contributed by atoms with E-state index in [1.165, 1.54) is 11.3 Å². The van der Waals surface area contributed by atoms with Gasteiger partial charge in [0.05, 0.1) is 17.1 Å². The molecule has 0 amide bonds. The Morgan fingerprint density at radius 1 is 1.48 bits per heavy atom. The Hall–Kier alpha value is -1.37. The predicted octanol–water partition coefficient (Wildman–Crippen LogP) is 4.07. The van der Waals surface area contributed by atoms with Crippen LogP contribution < -0.4 is 10.1 Å². The zero-order valence-electron chi connectivity index (χ0n) is 11.7. The van der Waals surface area contributed by atoms with E-state index in [-0.39, 0.29) is 6.04 Å². The second-order valence-electron chi connectivity index (χ2n) is 4.60. The molecule has 0 aliphatic carbocycles. The lowest BCUT2D eigenvalue weighted by atomic mass is 10.1. The molecule has 0 spiro atoms. The van der Waals surface area contributed by atoms with Crippen LogP contribution in [-0.4, -0.2) is 18.2 Å². The Morgan fingerprint density at radius 2 is 2.24 bits per heavy atom. The van der Waals surface area contributed by atoms with Crippen molar-refractivity contribution in [2.75, 3.05) is 7.11 Å². The lowest BCUT2D eigenvalue weighted by Gasteiger charge is -2.15. The molecule has 1 atom stereocenters. The van der Waals surface area contributed by atoms with Gasteiger partial charge in [-0.05, 0) is 46.6 Å². The quantitative estimate of drug-likeness (QED) is 0.805. The van der Waals surface area contributed by atoms with E-state index in [0.717, 1.165) is 20.7 Å². The number of hydrogen-bond donors (Lipinski definition) is 2. The number of methoxy groups -OCH3 is 1. The molecule has 0 fully saturated rings. The molecule has 2 N–H and O–H groups in total. The highest BCUT2D eigenvalue weighted by Gasteiger charge is 2.10. The Labute approximate surface area is 135 Å². The first-order valence-corrected chi connectivity index (χ1v) is 8.06. The van der Waals surface area contributed by atoms with Gasteiger partial charge in [0, 0.05) is 22.8 Å². The van der Waals surface area contributed by atoms with E-state index < -0.39 is 5.97 Å². The summed E-state index contributed by atoms with van der Waals surface area (Å²) in [6.45, 7) is 2.71. The fourth-order valence-corrected chi connectivity index (χ4v) is 3.28. The standard InChI is InChI=1S/C15H16BrNO3S/c1-9(10-3-4-14(20-2)13(16)6-10)17-7-12-5-11(8-21-12)15(18)19/h3-6,8-9,17H,7H2,1-2H3,(H,18,19). The van der Waals surface area contributed by atoms with Gasteiger partial charge in [-0.25, -0.2) is 4.79 Å². The number of ether oxygens (including phenoxy) is 1. The van der Waals surface area contributed by atoms with Crippen molar-refractivity contribution < 1.29 is 14.6 Å². The molecule has 1 heterocycles. The van der Waals surface area contributed by atoms with Gasteiger partial charge in [-0.1, -0.05) is 6.07 Å². The van der Waals surface area contributed by atoms with Gasteiger partial charge in [-0.15, -0.1) is 11.3 Å². The van der Waals surface area contributed by atoms with Crippen molar-refractivity contribution in [3.05, 3.63) is 50.1 Å². The van der Waals surface area contributed by atoms with Crippen molar-refractivity contribution in [1.29, 1.82) is 0 Å². The van der Waals surface area contributed by atoms with Gasteiger partial charge in [-0.2, -0.15) is 0 Å². The molecule has 21 heavy (non-hydrogen) atoms. The van der Waals surface area contributed by atoms with Crippen LogP contribution >= 0.6 is 27.3 Å². The number of halogens is 1. The van der Waals surface area contributed by atoms with E-state index in [0.29, 0.717) is 12.1 Å². The van der Waals surface area contributed by atoms with Crippen LogP contribution in [0.5, 0.6) is 5.75 Å². The highest BCUT2D eigenvalue weighted by atomic mass is 79.9. The minimum absolute atomic E-state index is 0.155. The first kappa shape index (κ1) is 16.0. The number of hydrogen-bond acceptors (Lipinski definition) is 4. The number of benzene rings is 1. The molecule has 0 bridgehead atoms. The van der Waals surface area contributed by atoms with Crippen molar-refractivity contribution >= 4 is 33.2 Å². The maximum absolute atomic E-state index is 10.8. The molecule has 0 radical (unpaired) electrons. The monoisotopic (exact) mass is 369 g/mol. The van der Waals surface area contributed by atoms with Gasteiger partial charge in [0.25, 0.3) is 0 Å². The molecule has 112 valence electrons. The topological polar surface area (TPSA) is 58.6 Å². The van der Waals surface area contributed by atoms with Gasteiger partial charge >= 0.3 is 5.97 Å². The first-order chi connectivity index (χ1) is 10.0. The summed E-state index contributed by atoms with van der Waals surface area (Å²) < 4.78 is 6.13. The summed E-state index contributed by atoms with van der Waals surface area (Å²) in [5, 5.41) is 14.0. The van der Waals surface area contributed by atoms with Crippen molar-refractivity contribution in [3.63, 3.8) is 0 Å². The van der Waals surface area contributed by atoms with E-state index in [1.807, 2.05) is 18.2 Å². The zero-order valence-corrected chi connectivity index (χ0v) is 14.1. The average Bonchev–Trinajstić information content (AvgIpc) is 2.93. The zero-order chi connectivity index (χ0) is 15.4. The summed E-state index contributed by atoms with van der Waals surface area (Å²) in [6.07, 6.45) is 0. The van der Waals surface area contributed by atoms with Crippen LogP contribution in [0.4, 0.5) is 0 Å². The molecule has 0 saturated carbocycles. The summed E-state index contributed by atoms with van der Waals surface area (Å²) in [5.41, 5.74) is 1.48. The van der Waals surface area contributed by atoms with Crippen molar-refractivity contribution in [2.24, 2.45) is 0 Å². The van der Waals surface area contributed by atoms with Gasteiger partial charge in [0.2, 0.25) is 0 Å². The summed E-state index contributed by atoms with van der Waals surface area (Å²) in [4.78, 5) is 11.8. The third-order valence-corrected chi connectivity index (χ3v) is 4.72. The summed E-state index contributed by atoms with van der Waals surface area (Å²) >= 11 is 4.93.